The Morgan fingerprint density at radius 2 is 1.81 bits per heavy atom. The molecular formula is C18H29NO2. The van der Waals surface area contributed by atoms with Gasteiger partial charge in [-0.2, -0.15) is 0 Å². The molecule has 0 amide bonds. The molecule has 1 fully saturated rings. The minimum absolute atomic E-state index is 0.565. The summed E-state index contributed by atoms with van der Waals surface area (Å²) in [6, 6.07) is 6.60. The van der Waals surface area contributed by atoms with E-state index in [2.05, 4.69) is 18.3 Å². The van der Waals surface area contributed by atoms with Gasteiger partial charge in [0.2, 0.25) is 0 Å². The minimum atomic E-state index is 0.565. The number of benzene rings is 1. The van der Waals surface area contributed by atoms with Crippen molar-refractivity contribution in [1.82, 2.24) is 5.32 Å². The van der Waals surface area contributed by atoms with Gasteiger partial charge in [-0.15, -0.1) is 0 Å². The van der Waals surface area contributed by atoms with E-state index in [0.29, 0.717) is 6.04 Å². The maximum Gasteiger partial charge on any atom is 0.127 e. The molecule has 0 spiro atoms. The lowest BCUT2D eigenvalue weighted by molar-refractivity contribution is 0.333. The predicted octanol–water partition coefficient (Wildman–Crippen LogP) is 4.15. The molecule has 1 aromatic carbocycles. The lowest BCUT2D eigenvalue weighted by Gasteiger charge is -2.24. The fraction of sp³-hybridized carbons (Fsp3) is 0.667. The molecule has 1 saturated carbocycles. The first-order valence-corrected chi connectivity index (χ1v) is 8.19. The second kappa shape index (κ2) is 8.28. The minimum Gasteiger partial charge on any atom is -0.497 e. The highest BCUT2D eigenvalue weighted by Gasteiger charge is 2.19. The number of hydrogen-bond donors (Lipinski definition) is 1. The number of ether oxygens (including phenoxy) is 2. The van der Waals surface area contributed by atoms with Crippen molar-refractivity contribution in [3.63, 3.8) is 0 Å². The van der Waals surface area contributed by atoms with Gasteiger partial charge in [-0.3, -0.25) is 0 Å². The Kier molecular flexibility index (Phi) is 6.37. The first-order valence-electron chi connectivity index (χ1n) is 8.19. The van der Waals surface area contributed by atoms with Crippen molar-refractivity contribution in [2.24, 2.45) is 5.92 Å². The van der Waals surface area contributed by atoms with Crippen molar-refractivity contribution in [2.75, 3.05) is 14.2 Å². The number of rotatable bonds is 6. The molecular weight excluding hydrogens is 262 g/mol. The first kappa shape index (κ1) is 16.2. The quantitative estimate of drug-likeness (QED) is 0.799. The molecule has 0 unspecified atom stereocenters. The fourth-order valence-electron chi connectivity index (χ4n) is 3.25. The summed E-state index contributed by atoms with van der Waals surface area (Å²) in [5.74, 6) is 2.55. The van der Waals surface area contributed by atoms with Crippen LogP contribution in [0, 0.1) is 5.92 Å². The zero-order valence-electron chi connectivity index (χ0n) is 13.7. The third-order valence-electron chi connectivity index (χ3n) is 4.72. The van der Waals surface area contributed by atoms with E-state index in [0.717, 1.165) is 24.0 Å². The topological polar surface area (TPSA) is 30.5 Å². The second-order valence-electron chi connectivity index (χ2n) is 6.10. The lowest BCUT2D eigenvalue weighted by atomic mass is 9.93. The first-order chi connectivity index (χ1) is 10.2. The van der Waals surface area contributed by atoms with Gasteiger partial charge in [-0.05, 0) is 31.7 Å². The summed E-state index contributed by atoms with van der Waals surface area (Å²) in [6.07, 6.45) is 8.35. The SMILES string of the molecule is COc1ccc(CN[C@H](C)C2CCCCCC2)c(OC)c1. The van der Waals surface area contributed by atoms with Gasteiger partial charge in [0.15, 0.2) is 0 Å². The van der Waals surface area contributed by atoms with Crippen molar-refractivity contribution in [1.29, 1.82) is 0 Å². The largest absolute Gasteiger partial charge is 0.497 e. The van der Waals surface area contributed by atoms with Crippen molar-refractivity contribution >= 4 is 0 Å². The molecule has 0 heterocycles. The predicted molar refractivity (Wildman–Crippen MR) is 87.0 cm³/mol. The Balaban J connectivity index is 1.92. The average molecular weight is 291 g/mol. The summed E-state index contributed by atoms with van der Waals surface area (Å²) in [5, 5.41) is 3.69. The third-order valence-corrected chi connectivity index (χ3v) is 4.72. The van der Waals surface area contributed by atoms with Gasteiger partial charge in [0.05, 0.1) is 14.2 Å². The maximum absolute atomic E-state index is 5.47. The Hall–Kier alpha value is -1.22. The Bertz CT molecular complexity index is 425. The summed E-state index contributed by atoms with van der Waals surface area (Å²) in [4.78, 5) is 0. The monoisotopic (exact) mass is 291 g/mol. The van der Waals surface area contributed by atoms with Crippen molar-refractivity contribution < 1.29 is 9.47 Å². The molecule has 0 saturated heterocycles. The molecule has 0 bridgehead atoms. The van der Waals surface area contributed by atoms with E-state index in [1.807, 2.05) is 12.1 Å². The molecule has 0 radical (unpaired) electrons. The normalized spacial score (nSPS) is 18.0. The highest BCUT2D eigenvalue weighted by atomic mass is 16.5. The second-order valence-corrected chi connectivity index (χ2v) is 6.10. The Morgan fingerprint density at radius 1 is 1.10 bits per heavy atom. The molecule has 1 aromatic rings. The van der Waals surface area contributed by atoms with Crippen LogP contribution in [0.1, 0.15) is 51.0 Å². The van der Waals surface area contributed by atoms with Crippen molar-refractivity contribution in [3.8, 4) is 11.5 Å². The summed E-state index contributed by atoms with van der Waals surface area (Å²) in [5.41, 5.74) is 1.19. The average Bonchev–Trinajstić information content (AvgIpc) is 2.81. The van der Waals surface area contributed by atoms with Crippen LogP contribution in [0.2, 0.25) is 0 Å². The van der Waals surface area contributed by atoms with E-state index >= 15 is 0 Å². The molecule has 0 aliphatic heterocycles. The highest BCUT2D eigenvalue weighted by molar-refractivity contribution is 5.40. The number of hydrogen-bond acceptors (Lipinski definition) is 3. The van der Waals surface area contributed by atoms with Crippen LogP contribution in [-0.2, 0) is 6.54 Å². The van der Waals surface area contributed by atoms with Crippen LogP contribution in [0.3, 0.4) is 0 Å². The lowest BCUT2D eigenvalue weighted by Crippen LogP contribution is -2.33. The Morgan fingerprint density at radius 3 is 2.43 bits per heavy atom. The maximum atomic E-state index is 5.47. The fourth-order valence-corrected chi connectivity index (χ4v) is 3.25. The summed E-state index contributed by atoms with van der Waals surface area (Å²) in [6.45, 7) is 3.18. The summed E-state index contributed by atoms with van der Waals surface area (Å²) < 4.78 is 10.7. The van der Waals surface area contributed by atoms with E-state index in [4.69, 9.17) is 9.47 Å². The highest BCUT2D eigenvalue weighted by Crippen LogP contribution is 2.27. The Labute approximate surface area is 129 Å². The van der Waals surface area contributed by atoms with Crippen LogP contribution < -0.4 is 14.8 Å². The molecule has 118 valence electrons. The van der Waals surface area contributed by atoms with Crippen LogP contribution in [0.4, 0.5) is 0 Å². The third kappa shape index (κ3) is 4.63. The van der Waals surface area contributed by atoms with Gasteiger partial charge in [0, 0.05) is 24.2 Å². The summed E-state index contributed by atoms with van der Waals surface area (Å²) in [7, 11) is 3.40. The van der Waals surface area contributed by atoms with Crippen LogP contribution in [0.25, 0.3) is 0 Å². The number of nitrogens with one attached hydrogen (secondary N) is 1. The smallest absolute Gasteiger partial charge is 0.127 e. The molecule has 1 aliphatic rings. The van der Waals surface area contributed by atoms with Crippen LogP contribution in [0.15, 0.2) is 18.2 Å². The van der Waals surface area contributed by atoms with Gasteiger partial charge < -0.3 is 14.8 Å². The van der Waals surface area contributed by atoms with E-state index in [1.54, 1.807) is 14.2 Å². The van der Waals surface area contributed by atoms with Crippen LogP contribution >= 0.6 is 0 Å². The van der Waals surface area contributed by atoms with Gasteiger partial charge in [0.25, 0.3) is 0 Å². The van der Waals surface area contributed by atoms with Crippen LogP contribution in [0.5, 0.6) is 11.5 Å². The van der Waals surface area contributed by atoms with E-state index in [-0.39, 0.29) is 0 Å². The standard InChI is InChI=1S/C18H29NO2/c1-14(15-8-6-4-5-7-9-15)19-13-16-10-11-17(20-2)12-18(16)21-3/h10-12,14-15,19H,4-9,13H2,1-3H3/t14-/m1/s1. The number of methoxy groups -OCH3 is 2. The summed E-state index contributed by atoms with van der Waals surface area (Å²) >= 11 is 0. The van der Waals surface area contributed by atoms with E-state index in [9.17, 15) is 0 Å². The van der Waals surface area contributed by atoms with Crippen molar-refractivity contribution in [3.05, 3.63) is 23.8 Å². The van der Waals surface area contributed by atoms with Gasteiger partial charge in [-0.1, -0.05) is 31.7 Å². The van der Waals surface area contributed by atoms with E-state index < -0.39 is 0 Å². The molecule has 21 heavy (non-hydrogen) atoms. The molecule has 2 rings (SSSR count). The van der Waals surface area contributed by atoms with Crippen molar-refractivity contribution in [2.45, 2.75) is 58.0 Å². The molecule has 1 aliphatic carbocycles. The van der Waals surface area contributed by atoms with Gasteiger partial charge >= 0.3 is 0 Å². The zero-order valence-corrected chi connectivity index (χ0v) is 13.7. The van der Waals surface area contributed by atoms with Gasteiger partial charge in [0.1, 0.15) is 11.5 Å². The van der Waals surface area contributed by atoms with Crippen LogP contribution in [-0.4, -0.2) is 20.3 Å². The molecule has 1 atom stereocenters. The molecule has 1 N–H and O–H groups in total. The molecule has 0 aromatic heterocycles. The van der Waals surface area contributed by atoms with Gasteiger partial charge in [-0.25, -0.2) is 0 Å². The molecule has 3 heteroatoms. The molecule has 3 nitrogen and oxygen atoms in total. The zero-order chi connectivity index (χ0) is 15.1. The van der Waals surface area contributed by atoms with E-state index in [1.165, 1.54) is 44.1 Å².